The number of methoxy groups -OCH3 is 1. The summed E-state index contributed by atoms with van der Waals surface area (Å²) in [5.41, 5.74) is 8.43. The van der Waals surface area contributed by atoms with Gasteiger partial charge in [-0.2, -0.15) is 0 Å². The number of imidazole rings is 1. The molecule has 0 atom stereocenters. The van der Waals surface area contributed by atoms with Crippen LogP contribution < -0.4 is 10.5 Å². The van der Waals surface area contributed by atoms with E-state index in [1.807, 2.05) is 42.5 Å². The third kappa shape index (κ3) is 3.05. The quantitative estimate of drug-likeness (QED) is 0.594. The number of hydrogen-bond acceptors (Lipinski definition) is 3. The molecule has 2 aliphatic carbocycles. The molecule has 31 heavy (non-hydrogen) atoms. The van der Waals surface area contributed by atoms with Crippen molar-refractivity contribution in [1.82, 2.24) is 9.55 Å². The molecule has 0 saturated heterocycles. The first-order chi connectivity index (χ1) is 15.2. The van der Waals surface area contributed by atoms with Crippen molar-refractivity contribution in [2.45, 2.75) is 56.9 Å². The molecule has 2 saturated carbocycles. The monoisotopic (exact) mass is 417 g/mol. The standard InChI is InChI=1S/C26H31N3O2/c1-31-23-17-9-6-14-20(23)24-28-21-15-7-8-16-22(21)29(24)26(25(27)30,18-10-2-3-11-18)19-12-4-5-13-19/h6-9,14-19H,2-5,10-13H2,1H3,(H2,27,30). The molecule has 1 heterocycles. The number of rotatable bonds is 6. The summed E-state index contributed by atoms with van der Waals surface area (Å²) < 4.78 is 7.94. The zero-order valence-electron chi connectivity index (χ0n) is 18.2. The lowest BCUT2D eigenvalue weighted by atomic mass is 9.70. The van der Waals surface area contributed by atoms with Crippen LogP contribution in [0.25, 0.3) is 22.4 Å². The Labute approximate surface area is 183 Å². The van der Waals surface area contributed by atoms with Crippen LogP contribution in [0.15, 0.2) is 48.5 Å². The Morgan fingerprint density at radius 2 is 1.55 bits per heavy atom. The highest BCUT2D eigenvalue weighted by atomic mass is 16.5. The van der Waals surface area contributed by atoms with Crippen LogP contribution in [-0.2, 0) is 10.3 Å². The predicted octanol–water partition coefficient (Wildman–Crippen LogP) is 5.27. The van der Waals surface area contributed by atoms with Crippen molar-refractivity contribution >= 4 is 16.9 Å². The summed E-state index contributed by atoms with van der Waals surface area (Å²) in [5.74, 6) is 1.82. The maximum absolute atomic E-state index is 13.6. The predicted molar refractivity (Wildman–Crippen MR) is 123 cm³/mol. The summed E-state index contributed by atoms with van der Waals surface area (Å²) in [6.45, 7) is 0. The molecule has 2 aromatic carbocycles. The molecule has 0 spiro atoms. The molecule has 0 unspecified atom stereocenters. The SMILES string of the molecule is COc1ccccc1-c1nc2ccccc2n1C(C(N)=O)(C1CCCC1)C1CCCC1. The number of carbonyl (C=O) groups excluding carboxylic acids is 1. The minimum Gasteiger partial charge on any atom is -0.496 e. The first kappa shape index (κ1) is 20.1. The van der Waals surface area contributed by atoms with Crippen LogP contribution in [0.3, 0.4) is 0 Å². The third-order valence-corrected chi connectivity index (χ3v) is 7.63. The Morgan fingerprint density at radius 1 is 0.968 bits per heavy atom. The summed E-state index contributed by atoms with van der Waals surface area (Å²) >= 11 is 0. The van der Waals surface area contributed by atoms with Crippen molar-refractivity contribution in [1.29, 1.82) is 0 Å². The zero-order chi connectivity index (χ0) is 21.4. The first-order valence-corrected chi connectivity index (χ1v) is 11.6. The second kappa shape index (κ2) is 8.03. The van der Waals surface area contributed by atoms with Gasteiger partial charge in [-0.1, -0.05) is 49.9 Å². The summed E-state index contributed by atoms with van der Waals surface area (Å²) in [7, 11) is 1.68. The van der Waals surface area contributed by atoms with Crippen molar-refractivity contribution < 1.29 is 9.53 Å². The Morgan fingerprint density at radius 3 is 2.16 bits per heavy atom. The molecule has 0 bridgehead atoms. The molecular formula is C26H31N3O2. The molecule has 0 radical (unpaired) electrons. The number of hydrogen-bond donors (Lipinski definition) is 1. The molecule has 1 amide bonds. The van der Waals surface area contributed by atoms with Crippen LogP contribution in [-0.4, -0.2) is 22.6 Å². The summed E-state index contributed by atoms with van der Waals surface area (Å²) in [5, 5.41) is 0. The van der Waals surface area contributed by atoms with E-state index in [1.165, 1.54) is 0 Å². The number of carbonyl (C=O) groups is 1. The Balaban J connectivity index is 1.87. The van der Waals surface area contributed by atoms with Gasteiger partial charge in [-0.25, -0.2) is 4.98 Å². The second-order valence-electron chi connectivity index (χ2n) is 9.11. The van der Waals surface area contributed by atoms with Gasteiger partial charge in [-0.15, -0.1) is 0 Å². The number of fused-ring (bicyclic) bond motifs is 1. The van der Waals surface area contributed by atoms with E-state index in [0.29, 0.717) is 0 Å². The van der Waals surface area contributed by atoms with Crippen LogP contribution in [0.1, 0.15) is 51.4 Å². The number of aromatic nitrogens is 2. The lowest BCUT2D eigenvalue weighted by Gasteiger charge is -2.44. The topological polar surface area (TPSA) is 70.1 Å². The van der Waals surface area contributed by atoms with Crippen molar-refractivity contribution in [3.05, 3.63) is 48.5 Å². The number of nitrogens with two attached hydrogens (primary N) is 1. The maximum atomic E-state index is 13.6. The van der Waals surface area contributed by atoms with E-state index >= 15 is 0 Å². The van der Waals surface area contributed by atoms with Crippen LogP contribution in [0, 0.1) is 11.8 Å². The Bertz CT molecular complexity index is 1070. The van der Waals surface area contributed by atoms with E-state index < -0.39 is 5.54 Å². The number of ether oxygens (including phenoxy) is 1. The molecule has 1 aromatic heterocycles. The molecule has 2 aliphatic rings. The van der Waals surface area contributed by atoms with E-state index in [-0.39, 0.29) is 17.7 Å². The van der Waals surface area contributed by atoms with Crippen LogP contribution in [0.2, 0.25) is 0 Å². The fraction of sp³-hybridized carbons (Fsp3) is 0.462. The van der Waals surface area contributed by atoms with E-state index in [9.17, 15) is 4.79 Å². The van der Waals surface area contributed by atoms with Crippen molar-refractivity contribution in [2.75, 3.05) is 7.11 Å². The van der Waals surface area contributed by atoms with Gasteiger partial charge in [-0.3, -0.25) is 4.79 Å². The molecule has 5 heteroatoms. The molecule has 0 aliphatic heterocycles. The smallest absolute Gasteiger partial charge is 0.244 e. The number of nitrogens with zero attached hydrogens (tertiary/aromatic N) is 2. The first-order valence-electron chi connectivity index (χ1n) is 11.6. The van der Waals surface area contributed by atoms with E-state index in [2.05, 4.69) is 10.6 Å². The average molecular weight is 418 g/mol. The lowest BCUT2D eigenvalue weighted by Crippen LogP contribution is -2.56. The van der Waals surface area contributed by atoms with E-state index in [0.717, 1.165) is 79.5 Å². The molecule has 2 fully saturated rings. The average Bonchev–Trinajstić information content (AvgIpc) is 3.56. The van der Waals surface area contributed by atoms with E-state index in [4.69, 9.17) is 15.5 Å². The highest BCUT2D eigenvalue weighted by Gasteiger charge is 2.54. The van der Waals surface area contributed by atoms with E-state index in [1.54, 1.807) is 7.11 Å². The van der Waals surface area contributed by atoms with Gasteiger partial charge in [0.05, 0.1) is 23.7 Å². The molecule has 5 nitrogen and oxygen atoms in total. The van der Waals surface area contributed by atoms with Gasteiger partial charge in [-0.05, 0) is 61.8 Å². The normalized spacial score (nSPS) is 18.1. The minimum atomic E-state index is -0.765. The fourth-order valence-corrected chi connectivity index (χ4v) is 6.35. The van der Waals surface area contributed by atoms with Gasteiger partial charge in [0.1, 0.15) is 17.1 Å². The highest BCUT2D eigenvalue weighted by Crippen LogP contribution is 2.52. The second-order valence-corrected chi connectivity index (χ2v) is 9.11. The summed E-state index contributed by atoms with van der Waals surface area (Å²) in [6, 6.07) is 16.1. The van der Waals surface area contributed by atoms with Crippen LogP contribution in [0.5, 0.6) is 5.75 Å². The van der Waals surface area contributed by atoms with Gasteiger partial charge >= 0.3 is 0 Å². The number of benzene rings is 2. The zero-order valence-corrected chi connectivity index (χ0v) is 18.2. The number of amides is 1. The molecule has 2 N–H and O–H groups in total. The van der Waals surface area contributed by atoms with Crippen LogP contribution >= 0.6 is 0 Å². The molecular weight excluding hydrogens is 386 g/mol. The largest absolute Gasteiger partial charge is 0.496 e. The molecule has 162 valence electrons. The van der Waals surface area contributed by atoms with Crippen molar-refractivity contribution in [2.24, 2.45) is 17.6 Å². The third-order valence-electron chi connectivity index (χ3n) is 7.63. The van der Waals surface area contributed by atoms with Crippen LogP contribution in [0.4, 0.5) is 0 Å². The number of primary amides is 1. The minimum absolute atomic E-state index is 0.203. The highest BCUT2D eigenvalue weighted by molar-refractivity contribution is 5.90. The molecule has 3 aromatic rings. The van der Waals surface area contributed by atoms with Gasteiger partial charge in [0.25, 0.3) is 0 Å². The fourth-order valence-electron chi connectivity index (χ4n) is 6.35. The Kier molecular flexibility index (Phi) is 5.20. The number of para-hydroxylation sites is 3. The summed E-state index contributed by atoms with van der Waals surface area (Å²) in [4.78, 5) is 18.7. The Hall–Kier alpha value is -2.82. The summed E-state index contributed by atoms with van der Waals surface area (Å²) in [6.07, 6.45) is 8.78. The van der Waals surface area contributed by atoms with Crippen molar-refractivity contribution in [3.63, 3.8) is 0 Å². The maximum Gasteiger partial charge on any atom is 0.244 e. The van der Waals surface area contributed by atoms with Gasteiger partial charge in [0.2, 0.25) is 5.91 Å². The molecule has 5 rings (SSSR count). The van der Waals surface area contributed by atoms with Gasteiger partial charge in [0.15, 0.2) is 0 Å². The lowest BCUT2D eigenvalue weighted by molar-refractivity contribution is -0.133. The van der Waals surface area contributed by atoms with Crippen molar-refractivity contribution in [3.8, 4) is 17.1 Å². The van der Waals surface area contributed by atoms with Gasteiger partial charge in [0, 0.05) is 0 Å². The van der Waals surface area contributed by atoms with Gasteiger partial charge < -0.3 is 15.0 Å².